The van der Waals surface area contributed by atoms with Crippen molar-refractivity contribution in [3.63, 3.8) is 0 Å². The minimum Gasteiger partial charge on any atom is -0.478 e. The van der Waals surface area contributed by atoms with Gasteiger partial charge in [0.15, 0.2) is 0 Å². The Kier molecular flexibility index (Phi) is 4.97. The standard InChI is InChI=1S/C20H23NO3/c22-15-20(18-8-2-1-3-9-18)10-5-11-21(14-20)13-16-6-4-7-17(12-16)19(23)24/h1-4,6-9,12,22H,5,10-11,13-15H2,(H,23,24). The summed E-state index contributed by atoms with van der Waals surface area (Å²) in [6, 6.07) is 17.3. The lowest BCUT2D eigenvalue weighted by molar-refractivity contribution is 0.0696. The van der Waals surface area contributed by atoms with E-state index in [1.165, 1.54) is 5.56 Å². The van der Waals surface area contributed by atoms with E-state index in [9.17, 15) is 9.90 Å². The van der Waals surface area contributed by atoms with Crippen LogP contribution in [-0.4, -0.2) is 40.8 Å². The van der Waals surface area contributed by atoms with E-state index in [0.717, 1.165) is 31.5 Å². The highest BCUT2D eigenvalue weighted by Gasteiger charge is 2.36. The normalized spacial score (nSPS) is 21.5. The van der Waals surface area contributed by atoms with Crippen molar-refractivity contribution in [3.8, 4) is 0 Å². The molecule has 1 heterocycles. The maximum Gasteiger partial charge on any atom is 0.335 e. The van der Waals surface area contributed by atoms with Crippen molar-refractivity contribution < 1.29 is 15.0 Å². The summed E-state index contributed by atoms with van der Waals surface area (Å²) >= 11 is 0. The lowest BCUT2D eigenvalue weighted by atomic mass is 9.74. The van der Waals surface area contributed by atoms with Gasteiger partial charge in [0.1, 0.15) is 0 Å². The Labute approximate surface area is 142 Å². The third kappa shape index (κ3) is 3.50. The summed E-state index contributed by atoms with van der Waals surface area (Å²) in [5.41, 5.74) is 2.26. The zero-order chi connectivity index (χ0) is 17.0. The summed E-state index contributed by atoms with van der Waals surface area (Å²) in [6.07, 6.45) is 1.99. The van der Waals surface area contributed by atoms with Gasteiger partial charge in [0.05, 0.1) is 12.2 Å². The molecule has 4 heteroatoms. The summed E-state index contributed by atoms with van der Waals surface area (Å²) in [7, 11) is 0. The summed E-state index contributed by atoms with van der Waals surface area (Å²) in [4.78, 5) is 13.4. The molecule has 1 aliphatic rings. The van der Waals surface area contributed by atoms with E-state index in [-0.39, 0.29) is 12.0 Å². The number of carboxylic acids is 1. The first-order valence-electron chi connectivity index (χ1n) is 8.34. The van der Waals surface area contributed by atoms with Crippen molar-refractivity contribution in [1.29, 1.82) is 0 Å². The Morgan fingerprint density at radius 1 is 1.12 bits per heavy atom. The molecule has 0 bridgehead atoms. The van der Waals surface area contributed by atoms with Crippen LogP contribution < -0.4 is 0 Å². The van der Waals surface area contributed by atoms with E-state index in [2.05, 4.69) is 17.0 Å². The molecule has 2 aromatic carbocycles. The van der Waals surface area contributed by atoms with Crippen LogP contribution in [0.15, 0.2) is 54.6 Å². The molecule has 1 fully saturated rings. The Morgan fingerprint density at radius 3 is 2.62 bits per heavy atom. The Hall–Kier alpha value is -2.17. The minimum atomic E-state index is -0.899. The van der Waals surface area contributed by atoms with Crippen LogP contribution in [0.1, 0.15) is 34.3 Å². The van der Waals surface area contributed by atoms with Gasteiger partial charge in [0.2, 0.25) is 0 Å². The number of aromatic carboxylic acids is 1. The second-order valence-electron chi connectivity index (χ2n) is 6.62. The Bertz CT molecular complexity index is 701. The zero-order valence-electron chi connectivity index (χ0n) is 13.7. The summed E-state index contributed by atoms with van der Waals surface area (Å²) < 4.78 is 0. The molecule has 4 nitrogen and oxygen atoms in total. The topological polar surface area (TPSA) is 60.8 Å². The van der Waals surface area contributed by atoms with Crippen LogP contribution >= 0.6 is 0 Å². The smallest absolute Gasteiger partial charge is 0.335 e. The van der Waals surface area contributed by atoms with E-state index in [1.807, 2.05) is 24.3 Å². The van der Waals surface area contributed by atoms with Crippen LogP contribution in [0.25, 0.3) is 0 Å². The van der Waals surface area contributed by atoms with E-state index in [4.69, 9.17) is 5.11 Å². The highest BCUT2D eigenvalue weighted by atomic mass is 16.4. The number of carbonyl (C=O) groups is 1. The number of nitrogens with zero attached hydrogens (tertiary/aromatic N) is 1. The number of aliphatic hydroxyl groups is 1. The van der Waals surface area contributed by atoms with E-state index >= 15 is 0 Å². The number of aliphatic hydroxyl groups excluding tert-OH is 1. The molecule has 2 aromatic rings. The number of benzene rings is 2. The third-order valence-electron chi connectivity index (χ3n) is 4.92. The lowest BCUT2D eigenvalue weighted by Gasteiger charge is -2.42. The molecule has 126 valence electrons. The fourth-order valence-corrected chi connectivity index (χ4v) is 3.67. The van der Waals surface area contributed by atoms with Crippen molar-refractivity contribution in [3.05, 3.63) is 71.3 Å². The van der Waals surface area contributed by atoms with Gasteiger partial charge in [-0.15, -0.1) is 0 Å². The average molecular weight is 325 g/mol. The first-order chi connectivity index (χ1) is 11.6. The van der Waals surface area contributed by atoms with Crippen LogP contribution in [0.5, 0.6) is 0 Å². The molecule has 1 aliphatic heterocycles. The van der Waals surface area contributed by atoms with Crippen LogP contribution in [0.4, 0.5) is 0 Å². The summed E-state index contributed by atoms with van der Waals surface area (Å²) in [5, 5.41) is 19.2. The first kappa shape index (κ1) is 16.7. The van der Waals surface area contributed by atoms with Gasteiger partial charge in [0, 0.05) is 18.5 Å². The second kappa shape index (κ2) is 7.16. The quantitative estimate of drug-likeness (QED) is 0.887. The second-order valence-corrected chi connectivity index (χ2v) is 6.62. The van der Waals surface area contributed by atoms with Gasteiger partial charge in [-0.1, -0.05) is 42.5 Å². The number of likely N-dealkylation sites (tertiary alicyclic amines) is 1. The van der Waals surface area contributed by atoms with E-state index in [0.29, 0.717) is 12.1 Å². The van der Waals surface area contributed by atoms with Crippen molar-refractivity contribution in [2.24, 2.45) is 0 Å². The fraction of sp³-hybridized carbons (Fsp3) is 0.350. The molecule has 0 amide bonds. The molecule has 0 spiro atoms. The number of piperidine rings is 1. The molecule has 1 atom stereocenters. The van der Waals surface area contributed by atoms with Crippen molar-refractivity contribution in [2.75, 3.05) is 19.7 Å². The van der Waals surface area contributed by atoms with Gasteiger partial charge in [0.25, 0.3) is 0 Å². The largest absolute Gasteiger partial charge is 0.478 e. The van der Waals surface area contributed by atoms with Gasteiger partial charge in [-0.25, -0.2) is 4.79 Å². The Balaban J connectivity index is 1.78. The van der Waals surface area contributed by atoms with Gasteiger partial charge in [-0.05, 0) is 42.6 Å². The van der Waals surface area contributed by atoms with E-state index < -0.39 is 5.97 Å². The number of carboxylic acid groups (broad SMARTS) is 1. The highest BCUT2D eigenvalue weighted by molar-refractivity contribution is 5.87. The monoisotopic (exact) mass is 325 g/mol. The predicted octanol–water partition coefficient (Wildman–Crippen LogP) is 2.91. The van der Waals surface area contributed by atoms with Crippen molar-refractivity contribution in [2.45, 2.75) is 24.8 Å². The number of hydrogen-bond acceptors (Lipinski definition) is 3. The number of rotatable bonds is 5. The maximum absolute atomic E-state index is 11.1. The average Bonchev–Trinajstić information content (AvgIpc) is 2.63. The molecular weight excluding hydrogens is 302 g/mol. The van der Waals surface area contributed by atoms with Gasteiger partial charge >= 0.3 is 5.97 Å². The van der Waals surface area contributed by atoms with Gasteiger partial charge in [-0.3, -0.25) is 4.90 Å². The minimum absolute atomic E-state index is 0.128. The number of hydrogen-bond donors (Lipinski definition) is 2. The molecule has 0 aromatic heterocycles. The SMILES string of the molecule is O=C(O)c1cccc(CN2CCCC(CO)(c3ccccc3)C2)c1. The lowest BCUT2D eigenvalue weighted by Crippen LogP contribution is -2.48. The summed E-state index contributed by atoms with van der Waals surface area (Å²) in [5.74, 6) is -0.899. The van der Waals surface area contributed by atoms with Gasteiger partial charge in [-0.2, -0.15) is 0 Å². The Morgan fingerprint density at radius 2 is 1.92 bits per heavy atom. The molecule has 1 saturated heterocycles. The highest BCUT2D eigenvalue weighted by Crippen LogP contribution is 2.34. The molecular formula is C20H23NO3. The van der Waals surface area contributed by atoms with Crippen molar-refractivity contribution >= 4 is 5.97 Å². The molecule has 3 rings (SSSR count). The molecule has 24 heavy (non-hydrogen) atoms. The molecule has 2 N–H and O–H groups in total. The molecule has 0 saturated carbocycles. The van der Waals surface area contributed by atoms with Crippen LogP contribution in [0.2, 0.25) is 0 Å². The molecule has 1 unspecified atom stereocenters. The fourth-order valence-electron chi connectivity index (χ4n) is 3.67. The van der Waals surface area contributed by atoms with Crippen LogP contribution in [0, 0.1) is 0 Å². The predicted molar refractivity (Wildman–Crippen MR) is 93.1 cm³/mol. The van der Waals surface area contributed by atoms with Gasteiger partial charge < -0.3 is 10.2 Å². The maximum atomic E-state index is 11.1. The van der Waals surface area contributed by atoms with Crippen LogP contribution in [0.3, 0.4) is 0 Å². The van der Waals surface area contributed by atoms with Crippen molar-refractivity contribution in [1.82, 2.24) is 4.90 Å². The first-order valence-corrected chi connectivity index (χ1v) is 8.34. The molecule has 0 radical (unpaired) electrons. The van der Waals surface area contributed by atoms with Crippen LogP contribution in [-0.2, 0) is 12.0 Å². The molecule has 0 aliphatic carbocycles. The van der Waals surface area contributed by atoms with E-state index in [1.54, 1.807) is 18.2 Å². The third-order valence-corrected chi connectivity index (χ3v) is 4.92. The summed E-state index contributed by atoms with van der Waals surface area (Å²) in [6.45, 7) is 2.58. The zero-order valence-corrected chi connectivity index (χ0v) is 13.7.